The van der Waals surface area contributed by atoms with Crippen LogP contribution in [0.5, 0.6) is 0 Å². The SMILES string of the molecule is COC(=O)[C@@H]1[C@H](F)[C@H]2CNC[C@H]2N1C(=O)OC(C)(C)C. The fraction of sp³-hybridized carbons (Fsp3) is 0.846. The maximum absolute atomic E-state index is 14.4. The van der Waals surface area contributed by atoms with Gasteiger partial charge in [0.25, 0.3) is 0 Å². The Labute approximate surface area is 117 Å². The first-order valence-electron chi connectivity index (χ1n) is 6.70. The summed E-state index contributed by atoms with van der Waals surface area (Å²) in [5.41, 5.74) is -0.701. The molecule has 6 nitrogen and oxygen atoms in total. The summed E-state index contributed by atoms with van der Waals surface area (Å²) < 4.78 is 24.4. The van der Waals surface area contributed by atoms with Crippen LogP contribution in [0.2, 0.25) is 0 Å². The smallest absolute Gasteiger partial charge is 0.411 e. The van der Waals surface area contributed by atoms with E-state index in [1.807, 2.05) is 0 Å². The molecular weight excluding hydrogens is 267 g/mol. The van der Waals surface area contributed by atoms with Crippen molar-refractivity contribution in [2.45, 2.75) is 44.6 Å². The van der Waals surface area contributed by atoms with Crippen molar-refractivity contribution in [3.63, 3.8) is 0 Å². The molecule has 114 valence electrons. The van der Waals surface area contributed by atoms with Crippen LogP contribution in [0.4, 0.5) is 9.18 Å². The van der Waals surface area contributed by atoms with Crippen LogP contribution in [-0.2, 0) is 14.3 Å². The third kappa shape index (κ3) is 2.59. The van der Waals surface area contributed by atoms with Crippen molar-refractivity contribution in [3.05, 3.63) is 0 Å². The molecule has 0 bridgehead atoms. The quantitative estimate of drug-likeness (QED) is 0.720. The van der Waals surface area contributed by atoms with Crippen molar-refractivity contribution in [2.24, 2.45) is 5.92 Å². The predicted molar refractivity (Wildman–Crippen MR) is 68.9 cm³/mol. The molecule has 0 radical (unpaired) electrons. The molecule has 0 aromatic heterocycles. The predicted octanol–water partition coefficient (Wildman–Crippen LogP) is 0.705. The molecule has 1 N–H and O–H groups in total. The zero-order valence-corrected chi connectivity index (χ0v) is 12.2. The van der Waals surface area contributed by atoms with Crippen LogP contribution in [0, 0.1) is 5.92 Å². The van der Waals surface area contributed by atoms with E-state index in [4.69, 9.17) is 4.74 Å². The Kier molecular flexibility index (Phi) is 3.90. The van der Waals surface area contributed by atoms with E-state index in [9.17, 15) is 14.0 Å². The Morgan fingerprint density at radius 1 is 1.30 bits per heavy atom. The third-order valence-corrected chi connectivity index (χ3v) is 3.64. The molecule has 2 aliphatic heterocycles. The van der Waals surface area contributed by atoms with Crippen LogP contribution in [0.15, 0.2) is 0 Å². The molecule has 2 fully saturated rings. The number of nitrogens with zero attached hydrogens (tertiary/aromatic N) is 1. The Balaban J connectivity index is 2.25. The average molecular weight is 288 g/mol. The molecule has 4 atom stereocenters. The standard InChI is InChI=1S/C13H21FN2O4/c1-13(2,3)20-12(18)16-8-6-15-5-7(8)9(14)10(16)11(17)19-4/h7-10,15H,5-6H2,1-4H3/t7-,8+,9+,10-/m0/s1. The highest BCUT2D eigenvalue weighted by Gasteiger charge is 2.57. The number of amides is 1. The zero-order valence-electron chi connectivity index (χ0n) is 12.2. The highest BCUT2D eigenvalue weighted by atomic mass is 19.1. The lowest BCUT2D eigenvalue weighted by molar-refractivity contribution is -0.147. The lowest BCUT2D eigenvalue weighted by Crippen LogP contribution is -2.50. The number of hydrogen-bond donors (Lipinski definition) is 1. The molecule has 0 spiro atoms. The number of alkyl halides is 1. The number of rotatable bonds is 1. The molecule has 0 saturated carbocycles. The topological polar surface area (TPSA) is 67.9 Å². The van der Waals surface area contributed by atoms with Gasteiger partial charge in [-0.1, -0.05) is 0 Å². The Hall–Kier alpha value is -1.37. The van der Waals surface area contributed by atoms with E-state index in [0.717, 1.165) is 0 Å². The van der Waals surface area contributed by atoms with Gasteiger partial charge in [-0.25, -0.2) is 14.0 Å². The van der Waals surface area contributed by atoms with E-state index in [2.05, 4.69) is 10.1 Å². The number of carbonyl (C=O) groups is 2. The van der Waals surface area contributed by atoms with Crippen LogP contribution >= 0.6 is 0 Å². The van der Waals surface area contributed by atoms with Crippen LogP contribution in [0.1, 0.15) is 20.8 Å². The summed E-state index contributed by atoms with van der Waals surface area (Å²) in [6.07, 6.45) is -2.11. The highest BCUT2D eigenvalue weighted by molar-refractivity contribution is 5.83. The van der Waals surface area contributed by atoms with Gasteiger partial charge in [-0.05, 0) is 20.8 Å². The minimum atomic E-state index is -1.44. The van der Waals surface area contributed by atoms with Gasteiger partial charge in [0.2, 0.25) is 0 Å². The number of nitrogens with one attached hydrogen (secondary N) is 1. The van der Waals surface area contributed by atoms with Gasteiger partial charge < -0.3 is 14.8 Å². The second-order valence-electron chi connectivity index (χ2n) is 6.19. The Bertz CT molecular complexity index is 410. The van der Waals surface area contributed by atoms with Gasteiger partial charge in [-0.2, -0.15) is 0 Å². The van der Waals surface area contributed by atoms with E-state index in [0.29, 0.717) is 13.1 Å². The molecule has 0 unspecified atom stereocenters. The molecule has 1 amide bonds. The first-order valence-corrected chi connectivity index (χ1v) is 6.70. The monoisotopic (exact) mass is 288 g/mol. The fourth-order valence-electron chi connectivity index (χ4n) is 2.84. The molecule has 0 aromatic rings. The third-order valence-electron chi connectivity index (χ3n) is 3.64. The van der Waals surface area contributed by atoms with E-state index in [1.165, 1.54) is 12.0 Å². The van der Waals surface area contributed by atoms with Crippen molar-refractivity contribution < 1.29 is 23.5 Å². The van der Waals surface area contributed by atoms with Crippen molar-refractivity contribution in [1.29, 1.82) is 0 Å². The van der Waals surface area contributed by atoms with E-state index < -0.39 is 35.8 Å². The number of likely N-dealkylation sites (tertiary alicyclic amines) is 1. The maximum Gasteiger partial charge on any atom is 0.411 e. The molecule has 0 aliphatic carbocycles. The zero-order chi connectivity index (χ0) is 15.1. The summed E-state index contributed by atoms with van der Waals surface area (Å²) in [7, 11) is 1.19. The maximum atomic E-state index is 14.4. The van der Waals surface area contributed by atoms with Crippen molar-refractivity contribution >= 4 is 12.1 Å². The highest BCUT2D eigenvalue weighted by Crippen LogP contribution is 2.36. The summed E-state index contributed by atoms with van der Waals surface area (Å²) in [5, 5.41) is 3.04. The fourth-order valence-corrected chi connectivity index (χ4v) is 2.84. The second-order valence-corrected chi connectivity index (χ2v) is 6.19. The molecule has 7 heteroatoms. The van der Waals surface area contributed by atoms with E-state index in [1.54, 1.807) is 20.8 Å². The number of carbonyl (C=O) groups excluding carboxylic acids is 2. The first-order chi connectivity index (χ1) is 9.26. The lowest BCUT2D eigenvalue weighted by atomic mass is 10.0. The van der Waals surface area contributed by atoms with Crippen molar-refractivity contribution in [2.75, 3.05) is 20.2 Å². The molecule has 2 rings (SSSR count). The van der Waals surface area contributed by atoms with Gasteiger partial charge in [0, 0.05) is 19.0 Å². The Morgan fingerprint density at radius 3 is 2.50 bits per heavy atom. The van der Waals surface area contributed by atoms with Crippen molar-refractivity contribution in [1.82, 2.24) is 10.2 Å². The summed E-state index contributed by atoms with van der Waals surface area (Å²) in [5.74, 6) is -1.13. The summed E-state index contributed by atoms with van der Waals surface area (Å²) in [4.78, 5) is 25.3. The number of halogens is 1. The number of hydrogen-bond acceptors (Lipinski definition) is 5. The van der Waals surface area contributed by atoms with E-state index in [-0.39, 0.29) is 6.04 Å². The number of methoxy groups -OCH3 is 1. The summed E-state index contributed by atoms with van der Waals surface area (Å²) >= 11 is 0. The van der Waals surface area contributed by atoms with Gasteiger partial charge in [0.15, 0.2) is 6.04 Å². The van der Waals surface area contributed by atoms with Crippen LogP contribution in [-0.4, -0.2) is 61.0 Å². The Morgan fingerprint density at radius 2 is 1.95 bits per heavy atom. The molecule has 2 saturated heterocycles. The number of esters is 1. The average Bonchev–Trinajstić information content (AvgIpc) is 2.88. The minimum absolute atomic E-state index is 0.371. The summed E-state index contributed by atoms with van der Waals surface area (Å²) in [6, 6.07) is -1.59. The number of ether oxygens (including phenoxy) is 2. The minimum Gasteiger partial charge on any atom is -0.467 e. The van der Waals surface area contributed by atoms with Gasteiger partial charge in [0.1, 0.15) is 11.8 Å². The van der Waals surface area contributed by atoms with Crippen LogP contribution < -0.4 is 5.32 Å². The first kappa shape index (κ1) is 15.0. The molecule has 20 heavy (non-hydrogen) atoms. The summed E-state index contributed by atoms with van der Waals surface area (Å²) in [6.45, 7) is 6.08. The lowest BCUT2D eigenvalue weighted by Gasteiger charge is -2.30. The van der Waals surface area contributed by atoms with E-state index >= 15 is 0 Å². The molecule has 0 aromatic carbocycles. The molecule has 2 aliphatic rings. The van der Waals surface area contributed by atoms with Gasteiger partial charge in [-0.3, -0.25) is 4.90 Å². The van der Waals surface area contributed by atoms with Crippen LogP contribution in [0.3, 0.4) is 0 Å². The van der Waals surface area contributed by atoms with Gasteiger partial charge in [-0.15, -0.1) is 0 Å². The number of fused-ring (bicyclic) bond motifs is 1. The molecular formula is C13H21FN2O4. The largest absolute Gasteiger partial charge is 0.467 e. The van der Waals surface area contributed by atoms with Crippen molar-refractivity contribution in [3.8, 4) is 0 Å². The second kappa shape index (κ2) is 5.20. The van der Waals surface area contributed by atoms with Gasteiger partial charge >= 0.3 is 12.1 Å². The normalized spacial score (nSPS) is 33.0. The van der Waals surface area contributed by atoms with Gasteiger partial charge in [0.05, 0.1) is 13.2 Å². The van der Waals surface area contributed by atoms with Crippen LogP contribution in [0.25, 0.3) is 0 Å². The molecule has 2 heterocycles.